The third-order valence-electron chi connectivity index (χ3n) is 3.75. The molecule has 0 radical (unpaired) electrons. The summed E-state index contributed by atoms with van der Waals surface area (Å²) < 4.78 is 33.0. The molecular formula is C18H15N4NaO5S. The molecule has 0 aromatic heterocycles. The van der Waals surface area contributed by atoms with E-state index in [2.05, 4.69) is 15.2 Å². The minimum Gasteiger partial charge on any atom is -0.862 e. The number of fused-ring (bicyclic) bond motifs is 1. The van der Waals surface area contributed by atoms with Gasteiger partial charge in [0, 0.05) is 11.1 Å². The Morgan fingerprint density at radius 2 is 1.66 bits per heavy atom. The average molecular weight is 422 g/mol. The zero-order valence-electron chi connectivity index (χ0n) is 15.6. The largest absolute Gasteiger partial charge is 1.00 e. The van der Waals surface area contributed by atoms with Crippen molar-refractivity contribution in [2.45, 2.75) is 11.8 Å². The minimum atomic E-state index is -4.69. The van der Waals surface area contributed by atoms with Gasteiger partial charge in [0.1, 0.15) is 10.6 Å². The normalized spacial score (nSPS) is 12.3. The molecule has 4 N–H and O–H groups in total. The molecule has 9 nitrogen and oxygen atoms in total. The number of nitrogens with two attached hydrogens (primary N) is 1. The van der Waals surface area contributed by atoms with Crippen LogP contribution in [0.3, 0.4) is 0 Å². The molecule has 11 heteroatoms. The van der Waals surface area contributed by atoms with Crippen LogP contribution in [-0.2, 0) is 10.1 Å². The summed E-state index contributed by atoms with van der Waals surface area (Å²) in [5, 5.41) is 29.8. The van der Waals surface area contributed by atoms with Crippen LogP contribution in [0.2, 0.25) is 0 Å². The molecule has 0 bridgehead atoms. The van der Waals surface area contributed by atoms with Crippen molar-refractivity contribution < 1.29 is 52.7 Å². The fourth-order valence-corrected chi connectivity index (χ4v) is 3.20. The molecule has 0 heterocycles. The zero-order chi connectivity index (χ0) is 20.5. The summed E-state index contributed by atoms with van der Waals surface area (Å²) in [7, 11) is -4.69. The van der Waals surface area contributed by atoms with Crippen molar-refractivity contribution in [3.05, 3.63) is 48.5 Å². The van der Waals surface area contributed by atoms with Crippen molar-refractivity contribution >= 4 is 49.5 Å². The smallest absolute Gasteiger partial charge is 0.862 e. The van der Waals surface area contributed by atoms with Crippen LogP contribution in [-0.4, -0.2) is 24.0 Å². The van der Waals surface area contributed by atoms with Crippen LogP contribution in [0.15, 0.2) is 68.6 Å². The van der Waals surface area contributed by atoms with E-state index in [1.54, 1.807) is 0 Å². The molecule has 0 saturated heterocycles. The van der Waals surface area contributed by atoms with Crippen molar-refractivity contribution in [1.82, 2.24) is 0 Å². The number of aromatic hydroxyl groups is 1. The summed E-state index contributed by atoms with van der Waals surface area (Å²) in [5.74, 6) is -0.814. The predicted octanol–water partition coefficient (Wildman–Crippen LogP) is 0.204. The summed E-state index contributed by atoms with van der Waals surface area (Å²) >= 11 is 0. The fraction of sp³-hybridized carbons (Fsp3) is 0.0556. The summed E-state index contributed by atoms with van der Waals surface area (Å²) in [6.45, 7) is 1.32. The first kappa shape index (κ1) is 22.8. The van der Waals surface area contributed by atoms with Gasteiger partial charge in [0.25, 0.3) is 10.1 Å². The Bertz CT molecular complexity index is 1220. The van der Waals surface area contributed by atoms with E-state index in [9.17, 15) is 23.2 Å². The Kier molecular flexibility index (Phi) is 6.98. The van der Waals surface area contributed by atoms with Gasteiger partial charge in [-0.1, -0.05) is 0 Å². The van der Waals surface area contributed by atoms with Crippen LogP contribution >= 0.6 is 0 Å². The second-order valence-corrected chi connectivity index (χ2v) is 7.26. The van der Waals surface area contributed by atoms with Crippen molar-refractivity contribution in [2.24, 2.45) is 15.2 Å². The number of rotatable bonds is 4. The number of aliphatic imine (C=N–C) groups is 1. The number of phenols is 1. The van der Waals surface area contributed by atoms with Crippen LogP contribution in [0, 0.1) is 0 Å². The second-order valence-electron chi connectivity index (χ2n) is 5.87. The molecule has 0 fully saturated rings. The first-order valence-corrected chi connectivity index (χ1v) is 9.36. The van der Waals surface area contributed by atoms with Gasteiger partial charge in [0.05, 0.1) is 11.4 Å². The molecule has 0 amide bonds. The molecule has 0 saturated carbocycles. The Morgan fingerprint density at radius 3 is 2.24 bits per heavy atom. The number of azo groups is 1. The van der Waals surface area contributed by atoms with Crippen LogP contribution in [0.25, 0.3) is 10.8 Å². The molecule has 3 aromatic rings. The summed E-state index contributed by atoms with van der Waals surface area (Å²) in [4.78, 5) is 3.15. The average Bonchev–Trinajstić information content (AvgIpc) is 2.60. The number of phenolic OH excluding ortho intramolecular Hbond substituents is 1. The van der Waals surface area contributed by atoms with Gasteiger partial charge in [0.2, 0.25) is 0 Å². The third kappa shape index (κ3) is 5.31. The van der Waals surface area contributed by atoms with E-state index in [1.165, 1.54) is 49.4 Å². The van der Waals surface area contributed by atoms with E-state index >= 15 is 0 Å². The van der Waals surface area contributed by atoms with Gasteiger partial charge in [-0.05, 0) is 66.7 Å². The molecule has 0 spiro atoms. The maximum Gasteiger partial charge on any atom is 1.00 e. The van der Waals surface area contributed by atoms with Gasteiger partial charge in [-0.25, -0.2) is 0 Å². The number of nitrogens with zero attached hydrogens (tertiary/aromatic N) is 3. The molecule has 29 heavy (non-hydrogen) atoms. The van der Waals surface area contributed by atoms with Crippen molar-refractivity contribution in [3.63, 3.8) is 0 Å². The molecule has 144 valence electrons. The SMILES string of the molecule is CC([O-])=Nc1ccc(N=Nc2c(S(=O)(=O)O)cc3cc(N)ccc3c2O)cc1.[Na+]. The Hall–Kier alpha value is -2.50. The van der Waals surface area contributed by atoms with E-state index < -0.39 is 26.5 Å². The monoisotopic (exact) mass is 422 g/mol. The maximum absolute atomic E-state index is 11.8. The number of hydrogen-bond acceptors (Lipinski definition) is 8. The van der Waals surface area contributed by atoms with Crippen molar-refractivity contribution in [3.8, 4) is 5.75 Å². The molecule has 0 aliphatic rings. The van der Waals surface area contributed by atoms with E-state index in [0.29, 0.717) is 27.8 Å². The number of anilines is 1. The van der Waals surface area contributed by atoms with Crippen molar-refractivity contribution in [1.29, 1.82) is 0 Å². The predicted molar refractivity (Wildman–Crippen MR) is 103 cm³/mol. The van der Waals surface area contributed by atoms with Gasteiger partial charge in [-0.15, -0.1) is 5.11 Å². The first-order chi connectivity index (χ1) is 13.1. The van der Waals surface area contributed by atoms with Crippen LogP contribution < -0.4 is 40.4 Å². The minimum absolute atomic E-state index is 0. The Balaban J connectivity index is 0.00000300. The third-order valence-corrected chi connectivity index (χ3v) is 4.62. The van der Waals surface area contributed by atoms with Gasteiger partial charge in [-0.2, -0.15) is 13.5 Å². The van der Waals surface area contributed by atoms with Crippen LogP contribution in [0.1, 0.15) is 6.92 Å². The summed E-state index contributed by atoms with van der Waals surface area (Å²) in [5.41, 5.74) is 6.39. The van der Waals surface area contributed by atoms with E-state index in [1.807, 2.05) is 0 Å². The van der Waals surface area contributed by atoms with Gasteiger partial charge in [0.15, 0.2) is 5.75 Å². The topological polar surface area (TPSA) is 161 Å². The van der Waals surface area contributed by atoms with E-state index in [4.69, 9.17) is 5.73 Å². The van der Waals surface area contributed by atoms with Crippen LogP contribution in [0.5, 0.6) is 5.75 Å². The molecule has 3 rings (SSSR count). The molecular weight excluding hydrogens is 407 g/mol. The number of nitrogen functional groups attached to an aromatic ring is 1. The summed E-state index contributed by atoms with van der Waals surface area (Å²) in [6, 6.07) is 11.7. The van der Waals surface area contributed by atoms with Gasteiger partial charge in [-0.3, -0.25) is 9.55 Å². The molecule has 0 unspecified atom stereocenters. The van der Waals surface area contributed by atoms with Crippen molar-refractivity contribution in [2.75, 3.05) is 5.73 Å². The number of benzene rings is 3. The molecule has 0 aliphatic carbocycles. The Labute approximate surface area is 188 Å². The first-order valence-electron chi connectivity index (χ1n) is 7.92. The maximum atomic E-state index is 11.8. The number of hydrogen-bond donors (Lipinski definition) is 3. The Morgan fingerprint density at radius 1 is 1.03 bits per heavy atom. The van der Waals surface area contributed by atoms with E-state index in [-0.39, 0.29) is 35.5 Å². The molecule has 0 atom stereocenters. The van der Waals surface area contributed by atoms with Crippen LogP contribution in [0.4, 0.5) is 22.7 Å². The standard InChI is InChI=1S/C18H16N4O5S.Na/c1-10(23)20-13-3-5-14(6-4-13)21-22-17-16(28(25,26)27)9-11-8-12(19)2-7-15(11)18(17)24;/h2-9,24H,19H2,1H3,(H,20,23)(H,25,26,27);/q;+1/p-1. The fourth-order valence-electron chi connectivity index (χ4n) is 2.55. The van der Waals surface area contributed by atoms with E-state index in [0.717, 1.165) is 6.07 Å². The molecule has 0 aliphatic heterocycles. The van der Waals surface area contributed by atoms with Gasteiger partial charge >= 0.3 is 29.6 Å². The van der Waals surface area contributed by atoms with Gasteiger partial charge < -0.3 is 15.9 Å². The molecule has 3 aromatic carbocycles. The summed E-state index contributed by atoms with van der Waals surface area (Å²) in [6.07, 6.45) is 0. The second kappa shape index (κ2) is 8.89. The zero-order valence-corrected chi connectivity index (χ0v) is 18.4. The quantitative estimate of drug-likeness (QED) is 0.136.